The molecule has 1 rings (SSSR count). The summed E-state index contributed by atoms with van der Waals surface area (Å²) in [6.45, 7) is 5.04. The van der Waals surface area contributed by atoms with Crippen molar-refractivity contribution in [3.8, 4) is 0 Å². The first-order chi connectivity index (χ1) is 9.39. The Hall–Kier alpha value is 0.797. The van der Waals surface area contributed by atoms with Gasteiger partial charge < -0.3 is 0 Å². The van der Waals surface area contributed by atoms with Crippen molar-refractivity contribution in [1.29, 1.82) is 0 Å². The lowest BCUT2D eigenvalue weighted by Gasteiger charge is -2.21. The molecule has 0 amide bonds. The molecule has 1 aliphatic rings. The van der Waals surface area contributed by atoms with Crippen LogP contribution in [0.5, 0.6) is 0 Å². The van der Waals surface area contributed by atoms with Gasteiger partial charge in [0.05, 0.1) is 0 Å². The number of rotatable bonds is 10. The molecule has 0 aliphatic heterocycles. The fraction of sp³-hybridized carbons (Fsp3) is 1.00. The third-order valence-electron chi connectivity index (χ3n) is 4.87. The molecule has 1 aliphatic carbocycles. The van der Waals surface area contributed by atoms with Crippen molar-refractivity contribution in [3.05, 3.63) is 0 Å². The van der Waals surface area contributed by atoms with Gasteiger partial charge in [-0.15, -0.1) is 22.2 Å². The zero-order valence-electron chi connectivity index (χ0n) is 13.8. The Bertz CT molecular complexity index is 247. The van der Waals surface area contributed by atoms with Gasteiger partial charge in [0.2, 0.25) is 0 Å². The van der Waals surface area contributed by atoms with Crippen LogP contribution in [0.1, 0.15) is 78.6 Å². The fourth-order valence-electron chi connectivity index (χ4n) is 3.32. The smallest absolute Gasteiger partial charge is 0.146 e. The zero-order valence-corrected chi connectivity index (χ0v) is 16.3. The Morgan fingerprint density at radius 1 is 0.950 bits per heavy atom. The third kappa shape index (κ3) is 8.95. The molecule has 1 saturated carbocycles. The van der Waals surface area contributed by atoms with Gasteiger partial charge >= 0.3 is 0 Å². The van der Waals surface area contributed by atoms with Gasteiger partial charge in [0.25, 0.3) is 6.69 Å². The van der Waals surface area contributed by atoms with Gasteiger partial charge in [0.15, 0.2) is 0 Å². The molecule has 1 atom stereocenters. The van der Waals surface area contributed by atoms with E-state index in [1.165, 1.54) is 57.8 Å². The summed E-state index contributed by atoms with van der Waals surface area (Å²) in [6, 6.07) is 2.23. The van der Waals surface area contributed by atoms with Crippen LogP contribution in [0.3, 0.4) is 0 Å². The highest BCUT2D eigenvalue weighted by molar-refractivity contribution is 7.45. The normalized spacial score (nSPS) is 18.9. The van der Waals surface area contributed by atoms with Gasteiger partial charge in [-0.3, -0.25) is 0 Å². The second-order valence-electron chi connectivity index (χ2n) is 7.51. The van der Waals surface area contributed by atoms with Crippen LogP contribution in [0.2, 0.25) is 12.1 Å². The van der Waals surface area contributed by atoms with Crippen LogP contribution in [0.25, 0.3) is 0 Å². The first-order valence-corrected chi connectivity index (χ1v) is 13.2. The second kappa shape index (κ2) is 9.74. The molecule has 0 spiro atoms. The quantitative estimate of drug-likeness (QED) is 0.289. The lowest BCUT2D eigenvalue weighted by Crippen LogP contribution is -2.20. The van der Waals surface area contributed by atoms with E-state index in [-0.39, 0.29) is 0 Å². The van der Waals surface area contributed by atoms with E-state index in [2.05, 4.69) is 20.8 Å². The minimum absolute atomic E-state index is 0.796. The maximum atomic E-state index is 6.65. The third-order valence-corrected chi connectivity index (χ3v) is 9.18. The summed E-state index contributed by atoms with van der Waals surface area (Å²) in [7, 11) is 0. The molecule has 20 heavy (non-hydrogen) atoms. The van der Waals surface area contributed by atoms with E-state index < -0.39 is 6.69 Å². The van der Waals surface area contributed by atoms with Gasteiger partial charge in [0.1, 0.15) is 0 Å². The summed E-state index contributed by atoms with van der Waals surface area (Å²) in [4.78, 5) is 0. The summed E-state index contributed by atoms with van der Waals surface area (Å²) < 4.78 is 0. The van der Waals surface area contributed by atoms with Crippen molar-refractivity contribution in [2.75, 3.05) is 0 Å². The van der Waals surface area contributed by atoms with Crippen LogP contribution in [0, 0.1) is 17.8 Å². The predicted octanol–water partition coefficient (Wildman–Crippen LogP) is 7.34. The Balaban J connectivity index is 2.10. The second-order valence-corrected chi connectivity index (χ2v) is 15.1. The molecule has 0 nitrogen and oxygen atoms in total. The molecule has 0 radical (unpaired) electrons. The Kier molecular flexibility index (Phi) is 9.18. The van der Waals surface area contributed by atoms with Crippen LogP contribution >= 0.6 is 22.2 Å². The maximum Gasteiger partial charge on any atom is 0.251 e. The Morgan fingerprint density at radius 3 is 2.20 bits per heavy atom. The average molecular weight is 337 g/mol. The van der Waals surface area contributed by atoms with Crippen LogP contribution in [0.15, 0.2) is 0 Å². The average Bonchev–Trinajstić information content (AvgIpc) is 2.87. The van der Waals surface area contributed by atoms with Crippen LogP contribution in [0.4, 0.5) is 0 Å². The monoisotopic (exact) mass is 336 g/mol. The molecule has 0 aromatic rings. The molecule has 0 saturated heterocycles. The van der Waals surface area contributed by atoms with Crippen LogP contribution in [-0.4, -0.2) is 6.69 Å². The van der Waals surface area contributed by atoms with Gasteiger partial charge in [-0.2, -0.15) is 0 Å². The van der Waals surface area contributed by atoms with E-state index >= 15 is 0 Å². The van der Waals surface area contributed by atoms with Crippen molar-refractivity contribution in [2.45, 2.75) is 90.6 Å². The molecule has 0 aromatic heterocycles. The highest BCUT2D eigenvalue weighted by Gasteiger charge is 2.30. The van der Waals surface area contributed by atoms with Crippen molar-refractivity contribution >= 4 is 28.9 Å². The fourth-order valence-corrected chi connectivity index (χ4v) is 6.62. The highest BCUT2D eigenvalue weighted by Crippen LogP contribution is 2.36. The Labute approximate surface area is 137 Å². The minimum atomic E-state index is -1.95. The van der Waals surface area contributed by atoms with E-state index in [0.717, 1.165) is 29.8 Å². The molecule has 0 bridgehead atoms. The summed E-state index contributed by atoms with van der Waals surface area (Å²) in [5.74, 6) is 2.57. The Morgan fingerprint density at radius 2 is 1.60 bits per heavy atom. The SMILES string of the molecule is CC(C)CCC[C@H](C)CC[Si](Cl)(Cl)CCC1CCCC1. The summed E-state index contributed by atoms with van der Waals surface area (Å²) in [5, 5.41) is 0. The van der Waals surface area contributed by atoms with Crippen molar-refractivity contribution in [1.82, 2.24) is 0 Å². The first kappa shape index (κ1) is 18.8. The maximum absolute atomic E-state index is 6.65. The summed E-state index contributed by atoms with van der Waals surface area (Å²) in [5.41, 5.74) is 0. The van der Waals surface area contributed by atoms with Gasteiger partial charge in [0, 0.05) is 0 Å². The molecular formula is C17H34Cl2Si. The van der Waals surface area contributed by atoms with Gasteiger partial charge in [-0.05, 0) is 29.8 Å². The van der Waals surface area contributed by atoms with E-state index in [1.807, 2.05) is 0 Å². The molecule has 120 valence electrons. The van der Waals surface area contributed by atoms with E-state index in [4.69, 9.17) is 22.2 Å². The molecular weight excluding hydrogens is 303 g/mol. The lowest BCUT2D eigenvalue weighted by molar-refractivity contribution is 0.447. The summed E-state index contributed by atoms with van der Waals surface area (Å²) >= 11 is 13.3. The molecule has 1 fully saturated rings. The molecule has 0 unspecified atom stereocenters. The van der Waals surface area contributed by atoms with Crippen molar-refractivity contribution < 1.29 is 0 Å². The van der Waals surface area contributed by atoms with E-state index in [0.29, 0.717) is 0 Å². The van der Waals surface area contributed by atoms with E-state index in [9.17, 15) is 0 Å². The lowest BCUT2D eigenvalue weighted by atomic mass is 9.98. The zero-order chi connectivity index (χ0) is 15.0. The first-order valence-electron chi connectivity index (χ1n) is 8.77. The molecule has 0 heterocycles. The summed E-state index contributed by atoms with van der Waals surface area (Å²) in [6.07, 6.45) is 12.3. The van der Waals surface area contributed by atoms with E-state index in [1.54, 1.807) is 0 Å². The predicted molar refractivity (Wildman–Crippen MR) is 96.1 cm³/mol. The number of halogens is 2. The minimum Gasteiger partial charge on any atom is -0.146 e. The van der Waals surface area contributed by atoms with Gasteiger partial charge in [-0.1, -0.05) is 78.6 Å². The standard InChI is InChI=1S/C17H34Cl2Si/c1-15(2)7-6-8-16(3)11-13-20(18,19)14-12-17-9-4-5-10-17/h15-17H,4-14H2,1-3H3/t16-/m0/s1. The number of hydrogen-bond acceptors (Lipinski definition) is 0. The van der Waals surface area contributed by atoms with Crippen molar-refractivity contribution in [2.24, 2.45) is 17.8 Å². The van der Waals surface area contributed by atoms with Gasteiger partial charge in [-0.25, -0.2) is 0 Å². The highest BCUT2D eigenvalue weighted by atomic mass is 35.7. The number of hydrogen-bond donors (Lipinski definition) is 0. The molecule has 3 heteroatoms. The van der Waals surface area contributed by atoms with Crippen LogP contribution < -0.4 is 0 Å². The van der Waals surface area contributed by atoms with Crippen molar-refractivity contribution in [3.63, 3.8) is 0 Å². The largest absolute Gasteiger partial charge is 0.251 e. The van der Waals surface area contributed by atoms with Crippen LogP contribution in [-0.2, 0) is 0 Å². The topological polar surface area (TPSA) is 0 Å². The molecule has 0 N–H and O–H groups in total. The molecule has 0 aromatic carbocycles.